The minimum absolute atomic E-state index is 0.152. The van der Waals surface area contributed by atoms with Crippen LogP contribution in [-0.2, 0) is 6.42 Å². The molecule has 1 nitrogen and oxygen atoms in total. The maximum atomic E-state index is 12.4. The number of hydrogen-bond donors (Lipinski definition) is 0. The van der Waals surface area contributed by atoms with Crippen molar-refractivity contribution in [3.8, 4) is 0 Å². The highest BCUT2D eigenvalue weighted by atomic mass is 16.1. The molecule has 1 aliphatic rings. The van der Waals surface area contributed by atoms with Gasteiger partial charge in [-0.25, -0.2) is 0 Å². The fourth-order valence-corrected chi connectivity index (χ4v) is 2.45. The van der Waals surface area contributed by atoms with E-state index in [-0.39, 0.29) is 5.78 Å². The van der Waals surface area contributed by atoms with Crippen molar-refractivity contribution in [3.05, 3.63) is 70.8 Å². The first kappa shape index (κ1) is 12.0. The summed E-state index contributed by atoms with van der Waals surface area (Å²) in [5.74, 6) is 0.152. The van der Waals surface area contributed by atoms with Crippen LogP contribution >= 0.6 is 0 Å². The maximum absolute atomic E-state index is 12.4. The van der Waals surface area contributed by atoms with Crippen molar-refractivity contribution < 1.29 is 4.79 Å². The number of Topliss-reactive ketones (excluding diaryl/α,β-unsaturated/α-hetero) is 1. The molecular formula is C17H13BO. The van der Waals surface area contributed by atoms with Crippen LogP contribution in [0.15, 0.2) is 54.1 Å². The van der Waals surface area contributed by atoms with Gasteiger partial charge in [0.15, 0.2) is 5.78 Å². The quantitative estimate of drug-likeness (QED) is 0.556. The van der Waals surface area contributed by atoms with Gasteiger partial charge in [0.05, 0.1) is 0 Å². The lowest BCUT2D eigenvalue weighted by molar-refractivity contribution is 0.102. The minimum atomic E-state index is 0.152. The van der Waals surface area contributed by atoms with Crippen molar-refractivity contribution in [3.63, 3.8) is 0 Å². The summed E-state index contributed by atoms with van der Waals surface area (Å²) in [5, 5.41) is 0. The predicted molar refractivity (Wildman–Crippen MR) is 78.9 cm³/mol. The van der Waals surface area contributed by atoms with Gasteiger partial charge >= 0.3 is 0 Å². The largest absolute Gasteiger partial charge is 0.289 e. The Balaban J connectivity index is 1.96. The highest BCUT2D eigenvalue weighted by molar-refractivity contribution is 6.32. The van der Waals surface area contributed by atoms with E-state index in [1.807, 2.05) is 54.6 Å². The van der Waals surface area contributed by atoms with E-state index in [0.717, 1.165) is 40.6 Å². The van der Waals surface area contributed by atoms with Gasteiger partial charge < -0.3 is 0 Å². The van der Waals surface area contributed by atoms with Gasteiger partial charge in [0.25, 0.3) is 0 Å². The molecular weight excluding hydrogens is 231 g/mol. The first-order chi connectivity index (χ1) is 9.24. The molecule has 0 saturated carbocycles. The first-order valence-electron chi connectivity index (χ1n) is 6.43. The zero-order valence-electron chi connectivity index (χ0n) is 10.6. The molecule has 2 radical (unpaired) electrons. The number of aryl methyl sites for hydroxylation is 1. The summed E-state index contributed by atoms with van der Waals surface area (Å²) in [5.41, 5.74) is 4.64. The van der Waals surface area contributed by atoms with Crippen LogP contribution in [0, 0.1) is 0 Å². The number of carbonyl (C=O) groups is 1. The molecule has 0 fully saturated rings. The summed E-state index contributed by atoms with van der Waals surface area (Å²) >= 11 is 0. The van der Waals surface area contributed by atoms with Gasteiger partial charge in [-0.15, -0.1) is 0 Å². The zero-order valence-corrected chi connectivity index (χ0v) is 10.6. The number of rotatable bonds is 1. The molecule has 2 aromatic carbocycles. The molecule has 0 aliphatic heterocycles. The van der Waals surface area contributed by atoms with Crippen molar-refractivity contribution >= 4 is 25.2 Å². The van der Waals surface area contributed by atoms with Crippen LogP contribution in [0.2, 0.25) is 0 Å². The lowest BCUT2D eigenvalue weighted by Gasteiger charge is -2.17. The average Bonchev–Trinajstić information content (AvgIpc) is 2.45. The number of allylic oxidation sites excluding steroid dienone is 1. The third-order valence-corrected chi connectivity index (χ3v) is 3.49. The van der Waals surface area contributed by atoms with Gasteiger partial charge in [0, 0.05) is 11.1 Å². The van der Waals surface area contributed by atoms with E-state index in [2.05, 4.69) is 0 Å². The Labute approximate surface area is 114 Å². The second-order valence-electron chi connectivity index (χ2n) is 4.82. The molecule has 0 bridgehead atoms. The molecule has 0 heterocycles. The van der Waals surface area contributed by atoms with Crippen LogP contribution in [0.1, 0.15) is 27.9 Å². The molecule has 1 aliphatic carbocycles. The summed E-state index contributed by atoms with van der Waals surface area (Å²) < 4.78 is 0. The highest BCUT2D eigenvalue weighted by Gasteiger charge is 2.20. The van der Waals surface area contributed by atoms with Gasteiger partial charge in [-0.2, -0.15) is 0 Å². The third-order valence-electron chi connectivity index (χ3n) is 3.49. The lowest BCUT2D eigenvalue weighted by Crippen LogP contribution is -2.13. The van der Waals surface area contributed by atoms with E-state index in [0.29, 0.717) is 0 Å². The number of hydrogen-bond acceptors (Lipinski definition) is 1. The van der Waals surface area contributed by atoms with Crippen molar-refractivity contribution in [2.24, 2.45) is 0 Å². The van der Waals surface area contributed by atoms with Gasteiger partial charge in [-0.1, -0.05) is 54.0 Å². The fourth-order valence-electron chi connectivity index (χ4n) is 2.45. The van der Waals surface area contributed by atoms with E-state index in [9.17, 15) is 4.79 Å². The molecule has 3 rings (SSSR count). The van der Waals surface area contributed by atoms with Crippen molar-refractivity contribution in [1.82, 2.24) is 0 Å². The Morgan fingerprint density at radius 2 is 1.68 bits per heavy atom. The van der Waals surface area contributed by atoms with Crippen LogP contribution in [-0.4, -0.2) is 13.6 Å². The van der Waals surface area contributed by atoms with Crippen molar-refractivity contribution in [2.45, 2.75) is 12.8 Å². The van der Waals surface area contributed by atoms with E-state index in [1.54, 1.807) is 0 Å². The Hall–Kier alpha value is -2.09. The van der Waals surface area contributed by atoms with Gasteiger partial charge in [0.1, 0.15) is 7.85 Å². The molecule has 0 saturated heterocycles. The standard InChI is InChI=1S/C17H13BO/c18-15-9-5-12(6-10-15)11-14-8-7-13-3-1-2-4-16(13)17(14)19/h1-6,9-11H,7-8H2. The number of ketones is 1. The molecule has 2 heteroatoms. The molecule has 0 spiro atoms. The van der Waals surface area contributed by atoms with E-state index >= 15 is 0 Å². The highest BCUT2D eigenvalue weighted by Crippen LogP contribution is 2.26. The van der Waals surface area contributed by atoms with Gasteiger partial charge in [-0.05, 0) is 30.0 Å². The maximum Gasteiger partial charge on any atom is 0.189 e. The number of benzene rings is 2. The summed E-state index contributed by atoms with van der Waals surface area (Å²) in [7, 11) is 5.66. The Bertz CT molecular complexity index is 653. The van der Waals surface area contributed by atoms with E-state index in [1.165, 1.54) is 0 Å². The summed E-state index contributed by atoms with van der Waals surface area (Å²) in [6.45, 7) is 0. The van der Waals surface area contributed by atoms with Crippen LogP contribution in [0.4, 0.5) is 0 Å². The Morgan fingerprint density at radius 3 is 2.47 bits per heavy atom. The molecule has 0 atom stereocenters. The van der Waals surface area contributed by atoms with E-state index < -0.39 is 0 Å². The third kappa shape index (κ3) is 2.39. The second kappa shape index (κ2) is 4.89. The SMILES string of the molecule is [B]c1ccc(C=C2CCc3ccccc3C2=O)cc1. The Kier molecular flexibility index (Phi) is 3.08. The van der Waals surface area contributed by atoms with Gasteiger partial charge in [0.2, 0.25) is 0 Å². The number of carbonyl (C=O) groups excluding carboxylic acids is 1. The van der Waals surface area contributed by atoms with Gasteiger partial charge in [-0.3, -0.25) is 4.79 Å². The average molecular weight is 244 g/mol. The number of fused-ring (bicyclic) bond motifs is 1. The summed E-state index contributed by atoms with van der Waals surface area (Å²) in [4.78, 5) is 12.4. The second-order valence-corrected chi connectivity index (χ2v) is 4.82. The molecule has 0 aromatic heterocycles. The molecule has 2 aromatic rings. The lowest BCUT2D eigenvalue weighted by atomic mass is 9.86. The summed E-state index contributed by atoms with van der Waals surface area (Å²) in [6.07, 6.45) is 3.71. The monoisotopic (exact) mass is 244 g/mol. The fraction of sp³-hybridized carbons (Fsp3) is 0.118. The first-order valence-corrected chi connectivity index (χ1v) is 6.43. The molecule has 19 heavy (non-hydrogen) atoms. The van der Waals surface area contributed by atoms with Crippen LogP contribution in [0.3, 0.4) is 0 Å². The zero-order chi connectivity index (χ0) is 13.2. The normalized spacial score (nSPS) is 16.4. The molecule has 0 N–H and O–H groups in total. The molecule has 0 unspecified atom stereocenters. The minimum Gasteiger partial charge on any atom is -0.289 e. The van der Waals surface area contributed by atoms with Crippen LogP contribution in [0.25, 0.3) is 6.08 Å². The van der Waals surface area contributed by atoms with Crippen LogP contribution < -0.4 is 5.46 Å². The van der Waals surface area contributed by atoms with Crippen molar-refractivity contribution in [2.75, 3.05) is 0 Å². The summed E-state index contributed by atoms with van der Waals surface area (Å²) in [6, 6.07) is 15.4. The Morgan fingerprint density at radius 1 is 0.947 bits per heavy atom. The van der Waals surface area contributed by atoms with Crippen molar-refractivity contribution in [1.29, 1.82) is 0 Å². The predicted octanol–water partition coefficient (Wildman–Crippen LogP) is 2.69. The topological polar surface area (TPSA) is 17.1 Å². The molecule has 0 amide bonds. The molecule has 90 valence electrons. The van der Waals surface area contributed by atoms with Crippen LogP contribution in [0.5, 0.6) is 0 Å². The smallest absolute Gasteiger partial charge is 0.189 e. The van der Waals surface area contributed by atoms with E-state index in [4.69, 9.17) is 7.85 Å².